The number of rotatable bonds is 8. The first kappa shape index (κ1) is 16.8. The van der Waals surface area contributed by atoms with E-state index in [0.717, 1.165) is 13.0 Å². The van der Waals surface area contributed by atoms with Gasteiger partial charge in [-0.05, 0) is 37.6 Å². The van der Waals surface area contributed by atoms with Crippen LogP contribution in [-0.2, 0) is 4.74 Å². The highest BCUT2D eigenvalue weighted by Crippen LogP contribution is 2.25. The molecule has 20 heavy (non-hydrogen) atoms. The highest BCUT2D eigenvalue weighted by Gasteiger charge is 2.31. The first-order valence-electron chi connectivity index (χ1n) is 6.63. The van der Waals surface area contributed by atoms with E-state index >= 15 is 0 Å². The Morgan fingerprint density at radius 3 is 2.60 bits per heavy atom. The quantitative estimate of drug-likeness (QED) is 0.793. The SMILES string of the molecule is CCCNC(COCC)c1cccc(OC(F)(F)F)c1. The minimum absolute atomic E-state index is 0.147. The highest BCUT2D eigenvalue weighted by molar-refractivity contribution is 5.30. The Morgan fingerprint density at radius 2 is 2.00 bits per heavy atom. The molecule has 1 N–H and O–H groups in total. The van der Waals surface area contributed by atoms with Crippen LogP contribution >= 0.6 is 0 Å². The van der Waals surface area contributed by atoms with Crippen LogP contribution in [0.25, 0.3) is 0 Å². The molecule has 0 fully saturated rings. The van der Waals surface area contributed by atoms with Gasteiger partial charge < -0.3 is 14.8 Å². The van der Waals surface area contributed by atoms with E-state index in [1.54, 1.807) is 12.1 Å². The highest BCUT2D eigenvalue weighted by atomic mass is 19.4. The summed E-state index contributed by atoms with van der Waals surface area (Å²) in [7, 11) is 0. The summed E-state index contributed by atoms with van der Waals surface area (Å²) in [5.74, 6) is -0.213. The van der Waals surface area contributed by atoms with E-state index in [-0.39, 0.29) is 11.8 Å². The van der Waals surface area contributed by atoms with Crippen LogP contribution in [0.1, 0.15) is 31.9 Å². The first-order valence-corrected chi connectivity index (χ1v) is 6.63. The van der Waals surface area contributed by atoms with Gasteiger partial charge in [0, 0.05) is 6.61 Å². The van der Waals surface area contributed by atoms with Gasteiger partial charge in [0.05, 0.1) is 12.6 Å². The van der Waals surface area contributed by atoms with E-state index < -0.39 is 6.36 Å². The largest absolute Gasteiger partial charge is 0.573 e. The number of nitrogens with one attached hydrogen (secondary N) is 1. The average molecular weight is 291 g/mol. The molecular formula is C14H20F3NO2. The van der Waals surface area contributed by atoms with Gasteiger partial charge in [-0.2, -0.15) is 0 Å². The lowest BCUT2D eigenvalue weighted by molar-refractivity contribution is -0.274. The lowest BCUT2D eigenvalue weighted by atomic mass is 10.1. The van der Waals surface area contributed by atoms with Crippen LogP contribution in [0.4, 0.5) is 13.2 Å². The zero-order chi connectivity index (χ0) is 15.0. The van der Waals surface area contributed by atoms with Gasteiger partial charge in [-0.3, -0.25) is 0 Å². The van der Waals surface area contributed by atoms with Crippen molar-refractivity contribution in [2.24, 2.45) is 0 Å². The number of benzene rings is 1. The van der Waals surface area contributed by atoms with E-state index in [9.17, 15) is 13.2 Å². The molecule has 114 valence electrons. The zero-order valence-corrected chi connectivity index (χ0v) is 11.7. The number of hydrogen-bond donors (Lipinski definition) is 1. The summed E-state index contributed by atoms with van der Waals surface area (Å²) in [5.41, 5.74) is 0.716. The van der Waals surface area contributed by atoms with Crippen LogP contribution in [0.2, 0.25) is 0 Å². The second kappa shape index (κ2) is 8.11. The minimum Gasteiger partial charge on any atom is -0.406 e. The molecule has 1 rings (SSSR count). The van der Waals surface area contributed by atoms with Gasteiger partial charge >= 0.3 is 6.36 Å². The number of ether oxygens (including phenoxy) is 2. The molecule has 0 saturated heterocycles. The lowest BCUT2D eigenvalue weighted by Crippen LogP contribution is -2.26. The van der Waals surface area contributed by atoms with E-state index in [1.165, 1.54) is 12.1 Å². The Kier molecular flexibility index (Phi) is 6.81. The predicted octanol–water partition coefficient (Wildman–Crippen LogP) is 3.66. The smallest absolute Gasteiger partial charge is 0.406 e. The molecule has 0 spiro atoms. The summed E-state index contributed by atoms with van der Waals surface area (Å²) in [4.78, 5) is 0. The fraction of sp³-hybridized carbons (Fsp3) is 0.571. The fourth-order valence-corrected chi connectivity index (χ4v) is 1.76. The maximum atomic E-state index is 12.2. The molecule has 1 aromatic carbocycles. The molecule has 0 radical (unpaired) electrons. The van der Waals surface area contributed by atoms with E-state index in [0.29, 0.717) is 18.8 Å². The molecule has 0 saturated carbocycles. The van der Waals surface area contributed by atoms with Crippen LogP contribution in [0.5, 0.6) is 5.75 Å². The number of halogens is 3. The second-order valence-corrected chi connectivity index (χ2v) is 4.29. The summed E-state index contributed by atoms with van der Waals surface area (Å²) in [6, 6.07) is 5.83. The average Bonchev–Trinajstić information content (AvgIpc) is 2.37. The molecule has 1 atom stereocenters. The van der Waals surface area contributed by atoms with Crippen molar-refractivity contribution in [1.29, 1.82) is 0 Å². The zero-order valence-electron chi connectivity index (χ0n) is 11.7. The van der Waals surface area contributed by atoms with Crippen molar-refractivity contribution in [2.75, 3.05) is 19.8 Å². The van der Waals surface area contributed by atoms with Crippen LogP contribution in [-0.4, -0.2) is 26.1 Å². The van der Waals surface area contributed by atoms with Crippen LogP contribution < -0.4 is 10.1 Å². The molecule has 0 aliphatic rings. The monoisotopic (exact) mass is 291 g/mol. The Bertz CT molecular complexity index is 388. The van der Waals surface area contributed by atoms with E-state index in [4.69, 9.17) is 4.74 Å². The normalized spacial score (nSPS) is 13.2. The molecule has 0 amide bonds. The molecule has 3 nitrogen and oxygen atoms in total. The van der Waals surface area contributed by atoms with Crippen molar-refractivity contribution < 1.29 is 22.6 Å². The maximum absolute atomic E-state index is 12.2. The topological polar surface area (TPSA) is 30.5 Å². The number of hydrogen-bond acceptors (Lipinski definition) is 3. The van der Waals surface area contributed by atoms with Crippen molar-refractivity contribution >= 4 is 0 Å². The van der Waals surface area contributed by atoms with E-state index in [1.807, 2.05) is 13.8 Å². The predicted molar refractivity (Wildman–Crippen MR) is 70.7 cm³/mol. The molecule has 1 unspecified atom stereocenters. The third-order valence-electron chi connectivity index (χ3n) is 2.62. The van der Waals surface area contributed by atoms with Crippen LogP contribution in [0.3, 0.4) is 0 Å². The molecule has 0 aliphatic heterocycles. The molecule has 6 heteroatoms. The van der Waals surface area contributed by atoms with Gasteiger partial charge in [-0.1, -0.05) is 19.1 Å². The summed E-state index contributed by atoms with van der Waals surface area (Å²) < 4.78 is 45.9. The van der Waals surface area contributed by atoms with Crippen LogP contribution in [0, 0.1) is 0 Å². The van der Waals surface area contributed by atoms with Crippen molar-refractivity contribution in [3.8, 4) is 5.75 Å². The van der Waals surface area contributed by atoms with E-state index in [2.05, 4.69) is 10.1 Å². The van der Waals surface area contributed by atoms with Gasteiger partial charge in [0.2, 0.25) is 0 Å². The van der Waals surface area contributed by atoms with Crippen LogP contribution in [0.15, 0.2) is 24.3 Å². The minimum atomic E-state index is -4.68. The van der Waals surface area contributed by atoms with Gasteiger partial charge in [0.15, 0.2) is 0 Å². The maximum Gasteiger partial charge on any atom is 0.573 e. The Morgan fingerprint density at radius 1 is 1.25 bits per heavy atom. The third kappa shape index (κ3) is 6.25. The standard InChI is InChI=1S/C14H20F3NO2/c1-3-8-18-13(10-19-4-2)11-6-5-7-12(9-11)20-14(15,16)17/h5-7,9,13,18H,3-4,8,10H2,1-2H3. The van der Waals surface area contributed by atoms with Gasteiger partial charge in [-0.15, -0.1) is 13.2 Å². The molecular weight excluding hydrogens is 271 g/mol. The second-order valence-electron chi connectivity index (χ2n) is 4.29. The Balaban J connectivity index is 2.81. The molecule has 0 bridgehead atoms. The summed E-state index contributed by atoms with van der Waals surface area (Å²) in [6.45, 7) is 5.63. The number of alkyl halides is 3. The molecule has 0 aromatic heterocycles. The van der Waals surface area contributed by atoms with Gasteiger partial charge in [0.1, 0.15) is 5.75 Å². The van der Waals surface area contributed by atoms with Gasteiger partial charge in [0.25, 0.3) is 0 Å². The summed E-state index contributed by atoms with van der Waals surface area (Å²) >= 11 is 0. The van der Waals surface area contributed by atoms with Crippen molar-refractivity contribution in [1.82, 2.24) is 5.32 Å². The molecule has 1 aromatic rings. The third-order valence-corrected chi connectivity index (χ3v) is 2.62. The Labute approximate surface area is 117 Å². The molecule has 0 heterocycles. The van der Waals surface area contributed by atoms with Crippen molar-refractivity contribution in [2.45, 2.75) is 32.7 Å². The fourth-order valence-electron chi connectivity index (χ4n) is 1.76. The summed E-state index contributed by atoms with van der Waals surface area (Å²) in [5, 5.41) is 3.25. The lowest BCUT2D eigenvalue weighted by Gasteiger charge is -2.19. The van der Waals surface area contributed by atoms with Crippen molar-refractivity contribution in [3.05, 3.63) is 29.8 Å². The Hall–Kier alpha value is -1.27. The molecule has 0 aliphatic carbocycles. The van der Waals surface area contributed by atoms with Gasteiger partial charge in [-0.25, -0.2) is 0 Å². The first-order chi connectivity index (χ1) is 9.46. The van der Waals surface area contributed by atoms with Crippen molar-refractivity contribution in [3.63, 3.8) is 0 Å². The summed E-state index contributed by atoms with van der Waals surface area (Å²) in [6.07, 6.45) is -3.74.